The van der Waals surface area contributed by atoms with Crippen LogP contribution in [-0.2, 0) is 18.3 Å². The molecular formula is C21H46O6Si2. The Morgan fingerprint density at radius 2 is 1.41 bits per heavy atom. The Labute approximate surface area is 180 Å². The molecule has 4 atom stereocenters. The summed E-state index contributed by atoms with van der Waals surface area (Å²) in [5.41, 5.74) is 0. The van der Waals surface area contributed by atoms with Gasteiger partial charge in [-0.25, -0.2) is 0 Å². The first-order valence-corrected chi connectivity index (χ1v) is 16.5. The van der Waals surface area contributed by atoms with E-state index in [-0.39, 0.29) is 23.3 Å². The summed E-state index contributed by atoms with van der Waals surface area (Å²) in [7, 11) is -4.44. The topological polar surface area (TPSA) is 77.4 Å². The van der Waals surface area contributed by atoms with Gasteiger partial charge in [0, 0.05) is 0 Å². The fraction of sp³-hybridized carbons (Fsp3) is 1.00. The van der Waals surface area contributed by atoms with Crippen molar-refractivity contribution in [2.75, 3.05) is 13.2 Å². The van der Waals surface area contributed by atoms with Crippen molar-refractivity contribution >= 4 is 16.6 Å². The molecule has 0 unspecified atom stereocenters. The molecule has 0 saturated carbocycles. The highest BCUT2D eigenvalue weighted by atomic mass is 28.4. The van der Waals surface area contributed by atoms with Crippen molar-refractivity contribution in [2.24, 2.45) is 0 Å². The molecule has 0 aliphatic carbocycles. The Balaban J connectivity index is 3.23. The van der Waals surface area contributed by atoms with Crippen LogP contribution < -0.4 is 0 Å². The minimum absolute atomic E-state index is 0.0259. The second-order valence-electron chi connectivity index (χ2n) is 11.8. The average Bonchev–Trinajstić information content (AvgIpc) is 2.87. The predicted molar refractivity (Wildman–Crippen MR) is 122 cm³/mol. The minimum Gasteiger partial charge on any atom is -0.409 e. The van der Waals surface area contributed by atoms with E-state index < -0.39 is 46.8 Å². The zero-order valence-electron chi connectivity index (χ0n) is 20.8. The fourth-order valence-corrected chi connectivity index (χ4v) is 5.39. The van der Waals surface area contributed by atoms with E-state index in [0.717, 1.165) is 0 Å². The van der Waals surface area contributed by atoms with Gasteiger partial charge in [-0.15, -0.1) is 0 Å². The number of hydrogen-bond donors (Lipinski definition) is 2. The van der Waals surface area contributed by atoms with Crippen LogP contribution >= 0.6 is 0 Å². The van der Waals surface area contributed by atoms with Gasteiger partial charge in [-0.3, -0.25) is 0 Å². The van der Waals surface area contributed by atoms with Crippen LogP contribution in [0.3, 0.4) is 0 Å². The third-order valence-electron chi connectivity index (χ3n) is 6.78. The predicted octanol–water partition coefficient (Wildman–Crippen LogP) is 4.27. The summed E-state index contributed by atoms with van der Waals surface area (Å²) >= 11 is 0. The van der Waals surface area contributed by atoms with E-state index in [1.54, 1.807) is 0 Å². The van der Waals surface area contributed by atoms with Crippen molar-refractivity contribution in [2.45, 2.75) is 122 Å². The molecule has 1 aliphatic heterocycles. The van der Waals surface area contributed by atoms with Crippen LogP contribution in [0.5, 0.6) is 0 Å². The summed E-state index contributed by atoms with van der Waals surface area (Å²) in [6, 6.07) is 0. The van der Waals surface area contributed by atoms with Crippen LogP contribution in [0.15, 0.2) is 0 Å². The van der Waals surface area contributed by atoms with Gasteiger partial charge in [-0.1, -0.05) is 41.5 Å². The van der Waals surface area contributed by atoms with Crippen molar-refractivity contribution in [3.05, 3.63) is 0 Å². The molecule has 1 saturated heterocycles. The van der Waals surface area contributed by atoms with Crippen LogP contribution in [-0.4, -0.2) is 70.3 Å². The van der Waals surface area contributed by atoms with E-state index in [0.29, 0.717) is 0 Å². The molecule has 0 bridgehead atoms. The molecule has 29 heavy (non-hydrogen) atoms. The Morgan fingerprint density at radius 1 is 0.966 bits per heavy atom. The SMILES string of the molecule is CC1(C)OC[C@H]([C@@H](O)[C@H](O[Si](C)(C)C(C)(C)C)[C@H](CO)O[Si](C)(C)C(C)(C)C)O1. The highest BCUT2D eigenvalue weighted by Gasteiger charge is 2.49. The van der Waals surface area contributed by atoms with Crippen LogP contribution in [0.1, 0.15) is 55.4 Å². The third kappa shape index (κ3) is 6.84. The molecule has 6 nitrogen and oxygen atoms in total. The van der Waals surface area contributed by atoms with Gasteiger partial charge in [0.2, 0.25) is 0 Å². The maximum absolute atomic E-state index is 11.3. The molecule has 0 spiro atoms. The maximum Gasteiger partial charge on any atom is 0.192 e. The normalized spacial score (nSPS) is 24.4. The van der Waals surface area contributed by atoms with Crippen molar-refractivity contribution in [1.82, 2.24) is 0 Å². The van der Waals surface area contributed by atoms with Gasteiger partial charge < -0.3 is 28.5 Å². The molecular weight excluding hydrogens is 404 g/mol. The Kier molecular flexibility index (Phi) is 8.43. The highest BCUT2D eigenvalue weighted by molar-refractivity contribution is 6.74. The van der Waals surface area contributed by atoms with Gasteiger partial charge in [-0.2, -0.15) is 0 Å². The zero-order chi connectivity index (χ0) is 23.1. The maximum atomic E-state index is 11.3. The van der Waals surface area contributed by atoms with Crippen LogP contribution in [0, 0.1) is 0 Å². The van der Waals surface area contributed by atoms with Gasteiger partial charge in [0.25, 0.3) is 0 Å². The van der Waals surface area contributed by atoms with Crippen molar-refractivity contribution in [3.8, 4) is 0 Å². The zero-order valence-corrected chi connectivity index (χ0v) is 22.8. The van der Waals surface area contributed by atoms with Gasteiger partial charge in [0.1, 0.15) is 18.3 Å². The Hall–Kier alpha value is 0.194. The first-order chi connectivity index (χ1) is 12.7. The first-order valence-electron chi connectivity index (χ1n) is 10.7. The summed E-state index contributed by atoms with van der Waals surface area (Å²) in [5.74, 6) is -0.748. The van der Waals surface area contributed by atoms with Gasteiger partial charge in [0.15, 0.2) is 22.4 Å². The molecule has 0 aromatic carbocycles. The standard InChI is InChI=1S/C21H46O6Si2/c1-19(2,3)28(9,10)26-15(13-22)18(27-29(11,12)20(4,5)6)17(23)16-14-24-21(7,8)25-16/h15-18,22-23H,13-14H2,1-12H3/t15-,16+,17+,18+/m0/s1. The van der Waals surface area contributed by atoms with Gasteiger partial charge in [-0.05, 0) is 50.1 Å². The van der Waals surface area contributed by atoms with E-state index in [9.17, 15) is 10.2 Å². The molecule has 0 aromatic rings. The molecule has 1 aliphatic rings. The second kappa shape index (κ2) is 8.98. The lowest BCUT2D eigenvalue weighted by Gasteiger charge is -2.46. The molecule has 174 valence electrons. The van der Waals surface area contributed by atoms with Crippen LogP contribution in [0.2, 0.25) is 36.3 Å². The van der Waals surface area contributed by atoms with Crippen molar-refractivity contribution in [3.63, 3.8) is 0 Å². The van der Waals surface area contributed by atoms with E-state index in [4.69, 9.17) is 18.3 Å². The molecule has 8 heteroatoms. The molecule has 1 rings (SSSR count). The van der Waals surface area contributed by atoms with Crippen LogP contribution in [0.25, 0.3) is 0 Å². The lowest BCUT2D eigenvalue weighted by Crippen LogP contribution is -2.58. The smallest absolute Gasteiger partial charge is 0.192 e. The lowest BCUT2D eigenvalue weighted by atomic mass is 10.0. The van der Waals surface area contributed by atoms with E-state index in [1.165, 1.54) is 0 Å². The molecule has 1 fully saturated rings. The first kappa shape index (κ1) is 27.2. The summed E-state index contributed by atoms with van der Waals surface area (Å²) in [5, 5.41) is 21.5. The third-order valence-corrected chi connectivity index (χ3v) is 15.8. The Morgan fingerprint density at radius 3 is 1.76 bits per heavy atom. The lowest BCUT2D eigenvalue weighted by molar-refractivity contribution is -0.167. The quantitative estimate of drug-likeness (QED) is 0.538. The average molecular weight is 451 g/mol. The highest BCUT2D eigenvalue weighted by Crippen LogP contribution is 2.41. The molecule has 0 amide bonds. The minimum atomic E-state index is -2.25. The summed E-state index contributed by atoms with van der Waals surface area (Å²) in [4.78, 5) is 0. The van der Waals surface area contributed by atoms with E-state index >= 15 is 0 Å². The molecule has 0 aromatic heterocycles. The van der Waals surface area contributed by atoms with Gasteiger partial charge in [0.05, 0.1) is 19.3 Å². The number of rotatable bonds is 8. The number of aliphatic hydroxyl groups is 2. The molecule has 1 heterocycles. The summed E-state index contributed by atoms with van der Waals surface area (Å²) in [6.07, 6.45) is -2.82. The number of aliphatic hydroxyl groups excluding tert-OH is 2. The summed E-state index contributed by atoms with van der Waals surface area (Å²) in [6.45, 7) is 25.2. The number of ether oxygens (including phenoxy) is 2. The monoisotopic (exact) mass is 450 g/mol. The van der Waals surface area contributed by atoms with Gasteiger partial charge >= 0.3 is 0 Å². The van der Waals surface area contributed by atoms with Crippen molar-refractivity contribution in [1.29, 1.82) is 0 Å². The Bertz CT molecular complexity index is 536. The van der Waals surface area contributed by atoms with Crippen molar-refractivity contribution < 1.29 is 28.5 Å². The molecule has 2 N–H and O–H groups in total. The summed E-state index contributed by atoms with van der Waals surface area (Å²) < 4.78 is 24.8. The second-order valence-corrected chi connectivity index (χ2v) is 21.3. The number of hydrogen-bond acceptors (Lipinski definition) is 6. The van der Waals surface area contributed by atoms with E-state index in [2.05, 4.69) is 67.7 Å². The largest absolute Gasteiger partial charge is 0.409 e. The molecule has 0 radical (unpaired) electrons. The van der Waals surface area contributed by atoms with Crippen LogP contribution in [0.4, 0.5) is 0 Å². The fourth-order valence-electron chi connectivity index (χ4n) is 2.74. The van der Waals surface area contributed by atoms with E-state index in [1.807, 2.05) is 13.8 Å².